The van der Waals surface area contributed by atoms with Crippen molar-refractivity contribution in [3.05, 3.63) is 0 Å². The second-order valence-electron chi connectivity index (χ2n) is 2.17. The van der Waals surface area contributed by atoms with Gasteiger partial charge in [0, 0.05) is 6.61 Å². The van der Waals surface area contributed by atoms with Gasteiger partial charge in [-0.05, 0) is 19.3 Å². The summed E-state index contributed by atoms with van der Waals surface area (Å²) in [5.74, 6) is 0. The second-order valence-corrected chi connectivity index (χ2v) is 2.17. The standard InChI is InChI=1S/C6H12O2.2C2H6/c7-4-2-1-3-6-5-8-6;2*1-2/h6-7H,1-5H2;2*1-2H3. The van der Waals surface area contributed by atoms with Crippen LogP contribution in [-0.2, 0) is 4.74 Å². The first-order chi connectivity index (χ1) is 5.93. The average molecular weight is 176 g/mol. The molecule has 1 heterocycles. The number of unbranched alkanes of at least 4 members (excludes halogenated alkanes) is 1. The summed E-state index contributed by atoms with van der Waals surface area (Å²) < 4.78 is 4.97. The predicted molar refractivity (Wildman–Crippen MR) is 53.4 cm³/mol. The maximum absolute atomic E-state index is 8.36. The molecule has 1 unspecified atom stereocenters. The molecule has 1 atom stereocenters. The van der Waals surface area contributed by atoms with E-state index in [2.05, 4.69) is 0 Å². The third-order valence-corrected chi connectivity index (χ3v) is 1.34. The molecule has 12 heavy (non-hydrogen) atoms. The molecule has 1 saturated heterocycles. The first kappa shape index (κ1) is 14.4. The summed E-state index contributed by atoms with van der Waals surface area (Å²) in [6.07, 6.45) is 3.73. The first-order valence-electron chi connectivity index (χ1n) is 5.16. The number of aliphatic hydroxyl groups excluding tert-OH is 1. The second kappa shape index (κ2) is 13.5. The van der Waals surface area contributed by atoms with Crippen molar-refractivity contribution in [2.24, 2.45) is 0 Å². The number of hydrogen-bond acceptors (Lipinski definition) is 2. The lowest BCUT2D eigenvalue weighted by Crippen LogP contribution is -1.87. The van der Waals surface area contributed by atoms with E-state index in [-0.39, 0.29) is 0 Å². The number of epoxide rings is 1. The Hall–Kier alpha value is -0.0800. The molecule has 76 valence electrons. The van der Waals surface area contributed by atoms with E-state index in [1.165, 1.54) is 0 Å². The molecule has 0 aliphatic carbocycles. The zero-order valence-corrected chi connectivity index (χ0v) is 8.97. The summed E-state index contributed by atoms with van der Waals surface area (Å²) >= 11 is 0. The van der Waals surface area contributed by atoms with Crippen LogP contribution < -0.4 is 0 Å². The highest BCUT2D eigenvalue weighted by molar-refractivity contribution is 4.67. The molecular weight excluding hydrogens is 152 g/mol. The van der Waals surface area contributed by atoms with Crippen LogP contribution in [0.25, 0.3) is 0 Å². The molecular formula is C10H24O2. The van der Waals surface area contributed by atoms with Crippen LogP contribution in [0, 0.1) is 0 Å². The Bertz CT molecular complexity index is 60.9. The van der Waals surface area contributed by atoms with Crippen molar-refractivity contribution in [3.63, 3.8) is 0 Å². The first-order valence-corrected chi connectivity index (χ1v) is 5.16. The van der Waals surface area contributed by atoms with Crippen LogP contribution in [0.5, 0.6) is 0 Å². The Labute approximate surface area is 76.9 Å². The van der Waals surface area contributed by atoms with Crippen LogP contribution in [0.1, 0.15) is 47.0 Å². The topological polar surface area (TPSA) is 32.8 Å². The quantitative estimate of drug-likeness (QED) is 0.527. The summed E-state index contributed by atoms with van der Waals surface area (Å²) in [5, 5.41) is 8.36. The van der Waals surface area contributed by atoms with Crippen molar-refractivity contribution in [1.82, 2.24) is 0 Å². The molecule has 1 N–H and O–H groups in total. The van der Waals surface area contributed by atoms with Crippen molar-refractivity contribution < 1.29 is 9.84 Å². The highest BCUT2D eigenvalue weighted by atomic mass is 16.6. The third-order valence-electron chi connectivity index (χ3n) is 1.34. The molecule has 1 fully saturated rings. The largest absolute Gasteiger partial charge is 0.396 e. The number of aliphatic hydroxyl groups is 1. The molecule has 0 aromatic heterocycles. The minimum atomic E-state index is 0.326. The Morgan fingerprint density at radius 1 is 1.17 bits per heavy atom. The number of hydrogen-bond donors (Lipinski definition) is 1. The predicted octanol–water partition coefficient (Wildman–Crippen LogP) is 2.60. The molecule has 1 rings (SSSR count). The van der Waals surface area contributed by atoms with E-state index in [9.17, 15) is 0 Å². The maximum Gasteiger partial charge on any atom is 0.0810 e. The van der Waals surface area contributed by atoms with Gasteiger partial charge in [-0.3, -0.25) is 0 Å². The third kappa shape index (κ3) is 12.6. The van der Waals surface area contributed by atoms with E-state index in [1.807, 2.05) is 27.7 Å². The molecule has 0 aromatic carbocycles. The Morgan fingerprint density at radius 2 is 1.67 bits per heavy atom. The van der Waals surface area contributed by atoms with Crippen LogP contribution in [0.3, 0.4) is 0 Å². The molecule has 2 heteroatoms. The Kier molecular flexibility index (Phi) is 16.3. The number of rotatable bonds is 4. The van der Waals surface area contributed by atoms with Crippen LogP contribution in [-0.4, -0.2) is 24.4 Å². The van der Waals surface area contributed by atoms with Gasteiger partial charge in [0.05, 0.1) is 12.7 Å². The van der Waals surface area contributed by atoms with Gasteiger partial charge in [0.15, 0.2) is 0 Å². The fraction of sp³-hybridized carbons (Fsp3) is 1.00. The van der Waals surface area contributed by atoms with E-state index in [1.54, 1.807) is 0 Å². The Balaban J connectivity index is 0. The van der Waals surface area contributed by atoms with Crippen LogP contribution in [0.4, 0.5) is 0 Å². The van der Waals surface area contributed by atoms with Crippen molar-refractivity contribution in [3.8, 4) is 0 Å². The minimum Gasteiger partial charge on any atom is -0.396 e. The van der Waals surface area contributed by atoms with E-state index in [0.29, 0.717) is 12.7 Å². The van der Waals surface area contributed by atoms with Gasteiger partial charge in [-0.2, -0.15) is 0 Å². The minimum absolute atomic E-state index is 0.326. The van der Waals surface area contributed by atoms with Crippen LogP contribution >= 0.6 is 0 Å². The van der Waals surface area contributed by atoms with Crippen LogP contribution in [0.15, 0.2) is 0 Å². The van der Waals surface area contributed by atoms with Gasteiger partial charge in [-0.15, -0.1) is 0 Å². The fourth-order valence-corrected chi connectivity index (χ4v) is 0.719. The van der Waals surface area contributed by atoms with Gasteiger partial charge in [-0.25, -0.2) is 0 Å². The lowest BCUT2D eigenvalue weighted by molar-refractivity contribution is 0.279. The van der Waals surface area contributed by atoms with E-state index < -0.39 is 0 Å². The zero-order valence-electron chi connectivity index (χ0n) is 8.97. The molecule has 0 radical (unpaired) electrons. The van der Waals surface area contributed by atoms with E-state index in [0.717, 1.165) is 25.9 Å². The van der Waals surface area contributed by atoms with Gasteiger partial charge in [0.25, 0.3) is 0 Å². The number of ether oxygens (including phenoxy) is 1. The summed E-state index contributed by atoms with van der Waals surface area (Å²) in [6.45, 7) is 9.28. The van der Waals surface area contributed by atoms with E-state index >= 15 is 0 Å². The van der Waals surface area contributed by atoms with Gasteiger partial charge < -0.3 is 9.84 Å². The fourth-order valence-electron chi connectivity index (χ4n) is 0.719. The average Bonchev–Trinajstić information content (AvgIpc) is 2.96. The highest BCUT2D eigenvalue weighted by Gasteiger charge is 2.20. The molecule has 0 aromatic rings. The van der Waals surface area contributed by atoms with Gasteiger partial charge in [-0.1, -0.05) is 27.7 Å². The lowest BCUT2D eigenvalue weighted by Gasteiger charge is -1.90. The monoisotopic (exact) mass is 176 g/mol. The van der Waals surface area contributed by atoms with E-state index in [4.69, 9.17) is 9.84 Å². The molecule has 0 spiro atoms. The summed E-state index contributed by atoms with van der Waals surface area (Å²) in [5.41, 5.74) is 0. The lowest BCUT2D eigenvalue weighted by atomic mass is 10.2. The molecule has 0 saturated carbocycles. The molecule has 0 amide bonds. The molecule has 1 aliphatic rings. The molecule has 2 nitrogen and oxygen atoms in total. The Morgan fingerprint density at radius 3 is 2.00 bits per heavy atom. The van der Waals surface area contributed by atoms with Crippen LogP contribution in [0.2, 0.25) is 0 Å². The summed E-state index contributed by atoms with van der Waals surface area (Å²) in [4.78, 5) is 0. The van der Waals surface area contributed by atoms with Crippen molar-refractivity contribution in [1.29, 1.82) is 0 Å². The van der Waals surface area contributed by atoms with Crippen molar-refractivity contribution >= 4 is 0 Å². The molecule has 1 aliphatic heterocycles. The SMILES string of the molecule is CC.CC.OCCCCC1CO1. The van der Waals surface area contributed by atoms with Gasteiger partial charge >= 0.3 is 0 Å². The summed E-state index contributed by atoms with van der Waals surface area (Å²) in [7, 11) is 0. The van der Waals surface area contributed by atoms with Gasteiger partial charge in [0.2, 0.25) is 0 Å². The van der Waals surface area contributed by atoms with Crippen molar-refractivity contribution in [2.45, 2.75) is 53.1 Å². The summed E-state index contributed by atoms with van der Waals surface area (Å²) in [6, 6.07) is 0. The molecule has 0 bridgehead atoms. The van der Waals surface area contributed by atoms with Crippen molar-refractivity contribution in [2.75, 3.05) is 13.2 Å². The highest BCUT2D eigenvalue weighted by Crippen LogP contribution is 2.15. The maximum atomic E-state index is 8.36. The zero-order chi connectivity index (χ0) is 9.82. The smallest absolute Gasteiger partial charge is 0.0810 e. The van der Waals surface area contributed by atoms with Gasteiger partial charge in [0.1, 0.15) is 0 Å². The normalized spacial score (nSPS) is 18.2.